The number of benzene rings is 1. The van der Waals surface area contributed by atoms with Crippen molar-refractivity contribution >= 4 is 21.9 Å². The van der Waals surface area contributed by atoms with Crippen LogP contribution in [0.15, 0.2) is 18.2 Å². The van der Waals surface area contributed by atoms with Gasteiger partial charge in [-0.3, -0.25) is 4.79 Å². The van der Waals surface area contributed by atoms with E-state index in [4.69, 9.17) is 4.74 Å². The largest absolute Gasteiger partial charge is 0.465 e. The molecule has 1 atom stereocenters. The Morgan fingerprint density at radius 2 is 2.18 bits per heavy atom. The van der Waals surface area contributed by atoms with Gasteiger partial charge in [0.05, 0.1) is 6.61 Å². The highest BCUT2D eigenvalue weighted by molar-refractivity contribution is 9.10. The molecule has 1 aromatic carbocycles. The molecule has 1 aliphatic rings. The van der Waals surface area contributed by atoms with Gasteiger partial charge in [-0.15, -0.1) is 0 Å². The number of carbonyl (C=O) groups is 1. The van der Waals surface area contributed by atoms with E-state index in [0.717, 1.165) is 0 Å². The second-order valence-electron chi connectivity index (χ2n) is 4.38. The van der Waals surface area contributed by atoms with Crippen LogP contribution in [0.3, 0.4) is 0 Å². The molecule has 17 heavy (non-hydrogen) atoms. The van der Waals surface area contributed by atoms with Crippen molar-refractivity contribution in [3.05, 3.63) is 34.9 Å². The van der Waals surface area contributed by atoms with Crippen LogP contribution in [0.2, 0.25) is 0 Å². The van der Waals surface area contributed by atoms with Gasteiger partial charge in [-0.05, 0) is 49.3 Å². The van der Waals surface area contributed by atoms with Crippen LogP contribution >= 0.6 is 15.9 Å². The van der Waals surface area contributed by atoms with E-state index in [1.165, 1.54) is 36.0 Å². The minimum atomic E-state index is -0.234. The molecule has 92 valence electrons. The number of rotatable bonds is 4. The first-order chi connectivity index (χ1) is 8.20. The van der Waals surface area contributed by atoms with Gasteiger partial charge >= 0.3 is 5.97 Å². The minimum absolute atomic E-state index is 0.173. The van der Waals surface area contributed by atoms with Crippen LogP contribution in [0.5, 0.6) is 0 Å². The maximum atomic E-state index is 11.5. The van der Waals surface area contributed by atoms with Gasteiger partial charge < -0.3 is 4.74 Å². The molecule has 0 fully saturated rings. The molecular formula is C14H17BrO2. The number of esters is 1. The Labute approximate surface area is 110 Å². The molecule has 1 aliphatic carbocycles. The fourth-order valence-electron chi connectivity index (χ4n) is 2.28. The van der Waals surface area contributed by atoms with Crippen molar-refractivity contribution in [3.8, 4) is 0 Å². The topological polar surface area (TPSA) is 26.3 Å². The van der Waals surface area contributed by atoms with Gasteiger partial charge in [0, 0.05) is 0 Å². The molecule has 0 heterocycles. The summed E-state index contributed by atoms with van der Waals surface area (Å²) in [5, 5.41) is 0. The number of fused-ring (bicyclic) bond motifs is 1. The minimum Gasteiger partial charge on any atom is -0.465 e. The van der Waals surface area contributed by atoms with Gasteiger partial charge in [0.2, 0.25) is 0 Å². The molecule has 0 saturated carbocycles. The first-order valence-corrected chi connectivity index (χ1v) is 7.03. The Bertz CT molecular complexity index is 415. The van der Waals surface area contributed by atoms with E-state index in [0.29, 0.717) is 13.0 Å². The Hall–Kier alpha value is -0.830. The fraction of sp³-hybridized carbons (Fsp3) is 0.500. The average Bonchev–Trinajstić information content (AvgIpc) is 2.76. The normalized spacial score (nSPS) is 15.4. The van der Waals surface area contributed by atoms with Crippen molar-refractivity contribution in [3.63, 3.8) is 0 Å². The summed E-state index contributed by atoms with van der Waals surface area (Å²) in [5.41, 5.74) is 4.13. The lowest BCUT2D eigenvalue weighted by atomic mass is 10.0. The molecule has 0 aliphatic heterocycles. The van der Waals surface area contributed by atoms with E-state index in [1.807, 2.05) is 6.92 Å². The number of hydrogen-bond acceptors (Lipinski definition) is 2. The van der Waals surface area contributed by atoms with Gasteiger partial charge in [0.15, 0.2) is 0 Å². The Morgan fingerprint density at radius 3 is 2.94 bits per heavy atom. The van der Waals surface area contributed by atoms with Crippen LogP contribution in [0, 0.1) is 0 Å². The summed E-state index contributed by atoms with van der Waals surface area (Å²) >= 11 is 3.39. The van der Waals surface area contributed by atoms with E-state index in [9.17, 15) is 4.79 Å². The SMILES string of the molecule is CCOC(=O)C(Br)Cc1ccc2c(c1)CCC2. The smallest absolute Gasteiger partial charge is 0.320 e. The monoisotopic (exact) mass is 296 g/mol. The van der Waals surface area contributed by atoms with E-state index in [2.05, 4.69) is 34.1 Å². The van der Waals surface area contributed by atoms with Crippen molar-refractivity contribution in [2.75, 3.05) is 6.61 Å². The van der Waals surface area contributed by atoms with Crippen LogP contribution in [0.25, 0.3) is 0 Å². The lowest BCUT2D eigenvalue weighted by Crippen LogP contribution is -2.19. The zero-order chi connectivity index (χ0) is 12.3. The zero-order valence-corrected chi connectivity index (χ0v) is 11.6. The van der Waals surface area contributed by atoms with Crippen molar-refractivity contribution < 1.29 is 9.53 Å². The van der Waals surface area contributed by atoms with Crippen LogP contribution in [0.4, 0.5) is 0 Å². The number of hydrogen-bond donors (Lipinski definition) is 0. The molecule has 0 bridgehead atoms. The third kappa shape index (κ3) is 3.09. The maximum absolute atomic E-state index is 11.5. The zero-order valence-electron chi connectivity index (χ0n) is 10.0. The van der Waals surface area contributed by atoms with Gasteiger partial charge in [0.1, 0.15) is 4.83 Å². The Balaban J connectivity index is 2.01. The molecular weight excluding hydrogens is 280 g/mol. The maximum Gasteiger partial charge on any atom is 0.320 e. The first kappa shape index (κ1) is 12.6. The molecule has 0 aromatic heterocycles. The summed E-state index contributed by atoms with van der Waals surface area (Å²) < 4.78 is 4.98. The van der Waals surface area contributed by atoms with Gasteiger partial charge in [-0.2, -0.15) is 0 Å². The standard InChI is InChI=1S/C14H17BrO2/c1-2-17-14(16)13(15)9-10-6-7-11-4-3-5-12(11)8-10/h6-8,13H,2-5,9H2,1H3. The highest BCUT2D eigenvalue weighted by Gasteiger charge is 2.18. The van der Waals surface area contributed by atoms with Crippen molar-refractivity contribution in [2.24, 2.45) is 0 Å². The van der Waals surface area contributed by atoms with Crippen LogP contribution in [0.1, 0.15) is 30.0 Å². The molecule has 2 rings (SSSR count). The molecule has 0 N–H and O–H groups in total. The number of carbonyl (C=O) groups excluding carboxylic acids is 1. The molecule has 1 aromatic rings. The average molecular weight is 297 g/mol. The summed E-state index contributed by atoms with van der Waals surface area (Å²) in [4.78, 5) is 11.3. The van der Waals surface area contributed by atoms with Crippen LogP contribution in [-0.4, -0.2) is 17.4 Å². The van der Waals surface area contributed by atoms with Gasteiger partial charge in [0.25, 0.3) is 0 Å². The van der Waals surface area contributed by atoms with Crippen LogP contribution in [-0.2, 0) is 28.8 Å². The second-order valence-corrected chi connectivity index (χ2v) is 5.49. The number of halogens is 1. The molecule has 0 saturated heterocycles. The Morgan fingerprint density at radius 1 is 1.41 bits per heavy atom. The molecule has 3 heteroatoms. The number of alkyl halides is 1. The van der Waals surface area contributed by atoms with Crippen molar-refractivity contribution in [1.82, 2.24) is 0 Å². The highest BCUT2D eigenvalue weighted by atomic mass is 79.9. The summed E-state index contributed by atoms with van der Waals surface area (Å²) in [6, 6.07) is 6.55. The fourth-order valence-corrected chi connectivity index (χ4v) is 2.78. The van der Waals surface area contributed by atoms with E-state index in [-0.39, 0.29) is 10.8 Å². The van der Waals surface area contributed by atoms with Crippen molar-refractivity contribution in [2.45, 2.75) is 37.4 Å². The summed E-state index contributed by atoms with van der Waals surface area (Å²) in [7, 11) is 0. The van der Waals surface area contributed by atoms with E-state index in [1.54, 1.807) is 0 Å². The first-order valence-electron chi connectivity index (χ1n) is 6.12. The lowest BCUT2D eigenvalue weighted by Gasteiger charge is -2.10. The molecule has 0 amide bonds. The van der Waals surface area contributed by atoms with Crippen LogP contribution < -0.4 is 0 Å². The Kier molecular flexibility index (Phi) is 4.21. The number of ether oxygens (including phenoxy) is 1. The third-order valence-electron chi connectivity index (χ3n) is 3.12. The summed E-state index contributed by atoms with van der Waals surface area (Å²) in [6.07, 6.45) is 4.33. The van der Waals surface area contributed by atoms with Gasteiger partial charge in [-0.1, -0.05) is 34.1 Å². The number of aryl methyl sites for hydroxylation is 2. The highest BCUT2D eigenvalue weighted by Crippen LogP contribution is 2.24. The lowest BCUT2D eigenvalue weighted by molar-refractivity contribution is -0.142. The quantitative estimate of drug-likeness (QED) is 0.631. The van der Waals surface area contributed by atoms with E-state index < -0.39 is 0 Å². The third-order valence-corrected chi connectivity index (χ3v) is 3.82. The second kappa shape index (κ2) is 5.67. The molecule has 0 radical (unpaired) electrons. The molecule has 2 nitrogen and oxygen atoms in total. The summed E-state index contributed by atoms with van der Waals surface area (Å²) in [6.45, 7) is 2.26. The molecule has 0 spiro atoms. The van der Waals surface area contributed by atoms with E-state index >= 15 is 0 Å². The predicted molar refractivity (Wildman–Crippen MR) is 71.5 cm³/mol. The summed E-state index contributed by atoms with van der Waals surface area (Å²) in [5.74, 6) is -0.173. The van der Waals surface area contributed by atoms with Gasteiger partial charge in [-0.25, -0.2) is 0 Å². The van der Waals surface area contributed by atoms with Crippen molar-refractivity contribution in [1.29, 1.82) is 0 Å². The predicted octanol–water partition coefficient (Wildman–Crippen LogP) is 3.04. The molecule has 1 unspecified atom stereocenters.